The Labute approximate surface area is 82.6 Å². The number of phenols is 1. The summed E-state index contributed by atoms with van der Waals surface area (Å²) in [6.07, 6.45) is 2.34. The summed E-state index contributed by atoms with van der Waals surface area (Å²) in [6.45, 7) is 1.67. The molecule has 0 aromatic heterocycles. The highest BCUT2D eigenvalue weighted by atomic mass is 16.5. The monoisotopic (exact) mass is 192 g/mol. The van der Waals surface area contributed by atoms with Gasteiger partial charge in [-0.3, -0.25) is 4.79 Å². The number of aromatic hydroxyl groups is 1. The zero-order valence-electron chi connectivity index (χ0n) is 8.15. The summed E-state index contributed by atoms with van der Waals surface area (Å²) in [5.41, 5.74) is 1.13. The second-order valence-electron chi connectivity index (χ2n) is 2.93. The Morgan fingerprint density at radius 1 is 1.50 bits per heavy atom. The second kappa shape index (κ2) is 4.46. The van der Waals surface area contributed by atoms with Crippen LogP contribution in [-0.2, 0) is 4.79 Å². The first-order chi connectivity index (χ1) is 6.67. The fourth-order valence-electron chi connectivity index (χ4n) is 1.05. The molecule has 0 radical (unpaired) electrons. The van der Waals surface area contributed by atoms with E-state index < -0.39 is 0 Å². The molecule has 1 aromatic carbocycles. The van der Waals surface area contributed by atoms with E-state index in [1.807, 2.05) is 0 Å². The van der Waals surface area contributed by atoms with Gasteiger partial charge >= 0.3 is 0 Å². The van der Waals surface area contributed by atoms with Crippen LogP contribution in [-0.4, -0.2) is 18.5 Å². The number of hydrogen-bond acceptors (Lipinski definition) is 3. The van der Waals surface area contributed by atoms with E-state index >= 15 is 0 Å². The van der Waals surface area contributed by atoms with Crippen molar-refractivity contribution in [3.05, 3.63) is 29.3 Å². The van der Waals surface area contributed by atoms with Gasteiger partial charge in [0.25, 0.3) is 0 Å². The van der Waals surface area contributed by atoms with Crippen molar-refractivity contribution in [1.29, 1.82) is 0 Å². The Balaban J connectivity index is 3.12. The molecule has 1 N–H and O–H groups in total. The van der Waals surface area contributed by atoms with Crippen molar-refractivity contribution < 1.29 is 14.6 Å². The molecule has 0 spiro atoms. The highest BCUT2D eigenvalue weighted by Crippen LogP contribution is 2.24. The van der Waals surface area contributed by atoms with Crippen LogP contribution in [0.1, 0.15) is 12.5 Å². The fourth-order valence-corrected chi connectivity index (χ4v) is 1.05. The van der Waals surface area contributed by atoms with Crippen LogP contribution in [0, 0.1) is 0 Å². The Bertz CT molecular complexity index is 367. The predicted octanol–water partition coefficient (Wildman–Crippen LogP) is 2.00. The Morgan fingerprint density at radius 3 is 2.79 bits per heavy atom. The van der Waals surface area contributed by atoms with Gasteiger partial charge in [-0.25, -0.2) is 0 Å². The van der Waals surface area contributed by atoms with Crippen molar-refractivity contribution in [2.24, 2.45) is 0 Å². The standard InChI is InChI=1S/C11H12O3/c1-8(7-12)5-9-6-10(14-2)3-4-11(9)13/h3-7,13H,1-2H3/b8-5+. The molecule has 0 heterocycles. The maximum Gasteiger partial charge on any atom is 0.145 e. The van der Waals surface area contributed by atoms with Gasteiger partial charge in [-0.15, -0.1) is 0 Å². The number of methoxy groups -OCH3 is 1. The molecule has 14 heavy (non-hydrogen) atoms. The highest BCUT2D eigenvalue weighted by molar-refractivity contribution is 5.82. The first-order valence-corrected chi connectivity index (χ1v) is 4.18. The van der Waals surface area contributed by atoms with Gasteiger partial charge in [0.2, 0.25) is 0 Å². The number of aldehydes is 1. The Hall–Kier alpha value is -1.77. The van der Waals surface area contributed by atoms with E-state index in [4.69, 9.17) is 4.74 Å². The van der Waals surface area contributed by atoms with Crippen molar-refractivity contribution >= 4 is 12.4 Å². The molecule has 1 rings (SSSR count). The molecule has 0 aliphatic carbocycles. The summed E-state index contributed by atoms with van der Waals surface area (Å²) in [7, 11) is 1.55. The van der Waals surface area contributed by atoms with E-state index in [0.717, 1.165) is 6.29 Å². The van der Waals surface area contributed by atoms with Gasteiger partial charge in [-0.05, 0) is 36.8 Å². The zero-order valence-corrected chi connectivity index (χ0v) is 8.15. The van der Waals surface area contributed by atoms with Crippen LogP contribution in [0.2, 0.25) is 0 Å². The normalized spacial score (nSPS) is 11.1. The molecular formula is C11H12O3. The Morgan fingerprint density at radius 2 is 2.21 bits per heavy atom. The summed E-state index contributed by atoms with van der Waals surface area (Å²) in [5.74, 6) is 0.778. The van der Waals surface area contributed by atoms with Gasteiger partial charge in [0.1, 0.15) is 17.8 Å². The van der Waals surface area contributed by atoms with Gasteiger partial charge in [0.05, 0.1) is 7.11 Å². The van der Waals surface area contributed by atoms with Gasteiger partial charge in [0.15, 0.2) is 0 Å². The number of hydrogen-bond donors (Lipinski definition) is 1. The minimum atomic E-state index is 0.131. The molecule has 0 aliphatic heterocycles. The minimum absolute atomic E-state index is 0.131. The molecule has 0 saturated carbocycles. The predicted molar refractivity (Wildman–Crippen MR) is 54.4 cm³/mol. The number of carbonyl (C=O) groups is 1. The lowest BCUT2D eigenvalue weighted by atomic mass is 10.1. The van der Waals surface area contributed by atoms with Crippen molar-refractivity contribution in [1.82, 2.24) is 0 Å². The molecule has 0 atom stereocenters. The summed E-state index contributed by atoms with van der Waals surface area (Å²) in [5, 5.41) is 9.46. The van der Waals surface area contributed by atoms with Crippen molar-refractivity contribution in [3.63, 3.8) is 0 Å². The molecule has 1 aromatic rings. The highest BCUT2D eigenvalue weighted by Gasteiger charge is 2.00. The van der Waals surface area contributed by atoms with E-state index in [-0.39, 0.29) is 5.75 Å². The first-order valence-electron chi connectivity index (χ1n) is 4.18. The van der Waals surface area contributed by atoms with E-state index in [2.05, 4.69) is 0 Å². The summed E-state index contributed by atoms with van der Waals surface area (Å²) in [6, 6.07) is 4.86. The van der Waals surface area contributed by atoms with Crippen molar-refractivity contribution in [2.45, 2.75) is 6.92 Å². The zero-order chi connectivity index (χ0) is 10.6. The molecule has 0 unspecified atom stereocenters. The average molecular weight is 192 g/mol. The third-order valence-electron chi connectivity index (χ3n) is 1.80. The summed E-state index contributed by atoms with van der Waals surface area (Å²) >= 11 is 0. The van der Waals surface area contributed by atoms with Crippen LogP contribution in [0.4, 0.5) is 0 Å². The average Bonchev–Trinajstić information content (AvgIpc) is 2.21. The van der Waals surface area contributed by atoms with Crippen LogP contribution in [0.3, 0.4) is 0 Å². The molecule has 0 bridgehead atoms. The number of benzene rings is 1. The lowest BCUT2D eigenvalue weighted by Crippen LogP contribution is -1.85. The van der Waals surface area contributed by atoms with Gasteiger partial charge in [0, 0.05) is 5.56 Å². The molecule has 0 fully saturated rings. The quantitative estimate of drug-likeness (QED) is 0.588. The first kappa shape index (κ1) is 10.3. The van der Waals surface area contributed by atoms with Gasteiger partial charge in [-0.2, -0.15) is 0 Å². The maximum absolute atomic E-state index is 10.4. The van der Waals surface area contributed by atoms with Crippen LogP contribution in [0.15, 0.2) is 23.8 Å². The fraction of sp³-hybridized carbons (Fsp3) is 0.182. The number of ether oxygens (including phenoxy) is 1. The molecule has 0 saturated heterocycles. The summed E-state index contributed by atoms with van der Waals surface area (Å²) in [4.78, 5) is 10.4. The number of carbonyl (C=O) groups excluding carboxylic acids is 1. The van der Waals surface area contributed by atoms with E-state index in [1.165, 1.54) is 6.07 Å². The van der Waals surface area contributed by atoms with Crippen LogP contribution in [0.5, 0.6) is 11.5 Å². The second-order valence-corrected chi connectivity index (χ2v) is 2.93. The van der Waals surface area contributed by atoms with Crippen LogP contribution in [0.25, 0.3) is 6.08 Å². The van der Waals surface area contributed by atoms with E-state index in [0.29, 0.717) is 16.9 Å². The molecule has 0 aliphatic rings. The number of phenolic OH excluding ortho intramolecular Hbond substituents is 1. The van der Waals surface area contributed by atoms with Crippen LogP contribution >= 0.6 is 0 Å². The SMILES string of the molecule is COc1ccc(O)c(/C=C(\C)C=O)c1. The third-order valence-corrected chi connectivity index (χ3v) is 1.80. The van der Waals surface area contributed by atoms with Crippen LogP contribution < -0.4 is 4.74 Å². The lowest BCUT2D eigenvalue weighted by molar-refractivity contribution is -0.104. The van der Waals surface area contributed by atoms with Crippen molar-refractivity contribution in [2.75, 3.05) is 7.11 Å². The number of allylic oxidation sites excluding steroid dienone is 1. The molecule has 3 heteroatoms. The minimum Gasteiger partial charge on any atom is -0.507 e. The van der Waals surface area contributed by atoms with Crippen molar-refractivity contribution in [3.8, 4) is 11.5 Å². The van der Waals surface area contributed by atoms with E-state index in [9.17, 15) is 9.90 Å². The van der Waals surface area contributed by atoms with Gasteiger partial charge < -0.3 is 9.84 Å². The largest absolute Gasteiger partial charge is 0.507 e. The smallest absolute Gasteiger partial charge is 0.145 e. The lowest BCUT2D eigenvalue weighted by Gasteiger charge is -2.03. The molecule has 3 nitrogen and oxygen atoms in total. The number of rotatable bonds is 3. The maximum atomic E-state index is 10.4. The summed E-state index contributed by atoms with van der Waals surface area (Å²) < 4.78 is 5.00. The third kappa shape index (κ3) is 2.36. The molecular weight excluding hydrogens is 180 g/mol. The Kier molecular flexibility index (Phi) is 3.29. The topological polar surface area (TPSA) is 46.5 Å². The van der Waals surface area contributed by atoms with E-state index in [1.54, 1.807) is 32.2 Å². The molecule has 0 amide bonds. The van der Waals surface area contributed by atoms with Gasteiger partial charge in [-0.1, -0.05) is 0 Å². The molecule has 74 valence electrons.